The van der Waals surface area contributed by atoms with Crippen molar-refractivity contribution >= 4 is 6.09 Å². The van der Waals surface area contributed by atoms with E-state index in [9.17, 15) is 4.79 Å². The van der Waals surface area contributed by atoms with Gasteiger partial charge in [-0.2, -0.15) is 0 Å². The maximum absolute atomic E-state index is 10.2. The number of aliphatic hydroxyl groups is 2. The summed E-state index contributed by atoms with van der Waals surface area (Å²) in [4.78, 5) is 10.2. The molecule has 0 aliphatic heterocycles. The molecule has 1 amide bonds. The standard InChI is InChI=1S/C17H35NO2.C3H8O2/c1-2-3-4-5-6-7-8-9-10-11-12-13-14-15-16-18-17(19)20;1-3(5)2-4/h18H,2-16H2,1H3,(H,19,20);3-5H,2H2,1H3. The Hall–Kier alpha value is -0.810. The first-order chi connectivity index (χ1) is 12.0. The monoisotopic (exact) mass is 361 g/mol. The lowest BCUT2D eigenvalue weighted by atomic mass is 10.0. The second-order valence-electron chi connectivity index (χ2n) is 6.86. The molecular formula is C20H43NO4. The summed E-state index contributed by atoms with van der Waals surface area (Å²) in [6.45, 7) is 4.26. The van der Waals surface area contributed by atoms with Gasteiger partial charge in [-0.25, -0.2) is 4.79 Å². The highest BCUT2D eigenvalue weighted by molar-refractivity contribution is 5.64. The fraction of sp³-hybridized carbons (Fsp3) is 0.950. The summed E-state index contributed by atoms with van der Waals surface area (Å²) in [5, 5.41) is 26.8. The highest BCUT2D eigenvalue weighted by atomic mass is 16.4. The van der Waals surface area contributed by atoms with Crippen LogP contribution in [-0.4, -0.2) is 40.7 Å². The second-order valence-corrected chi connectivity index (χ2v) is 6.86. The Morgan fingerprint density at radius 3 is 1.40 bits per heavy atom. The molecular weight excluding hydrogens is 318 g/mol. The molecule has 0 heterocycles. The first-order valence-corrected chi connectivity index (χ1v) is 10.3. The van der Waals surface area contributed by atoms with E-state index in [4.69, 9.17) is 15.3 Å². The lowest BCUT2D eigenvalue weighted by Gasteiger charge is -2.03. The quantitative estimate of drug-likeness (QED) is 0.288. The number of carbonyl (C=O) groups is 1. The zero-order chi connectivity index (χ0) is 19.2. The number of hydrogen-bond acceptors (Lipinski definition) is 3. The van der Waals surface area contributed by atoms with Gasteiger partial charge in [-0.1, -0.05) is 90.4 Å². The lowest BCUT2D eigenvalue weighted by molar-refractivity contribution is 0.110. The summed E-state index contributed by atoms with van der Waals surface area (Å²) in [7, 11) is 0. The zero-order valence-corrected chi connectivity index (χ0v) is 16.6. The fourth-order valence-corrected chi connectivity index (χ4v) is 2.51. The first-order valence-electron chi connectivity index (χ1n) is 10.3. The summed E-state index contributed by atoms with van der Waals surface area (Å²) in [6.07, 6.45) is 17.2. The molecule has 0 aromatic carbocycles. The van der Waals surface area contributed by atoms with E-state index in [0.29, 0.717) is 6.54 Å². The molecule has 1 atom stereocenters. The Kier molecular flexibility index (Phi) is 24.5. The maximum atomic E-state index is 10.2. The Bertz CT molecular complexity index is 260. The summed E-state index contributed by atoms with van der Waals surface area (Å²) >= 11 is 0. The van der Waals surface area contributed by atoms with Gasteiger partial charge in [0.25, 0.3) is 0 Å². The van der Waals surface area contributed by atoms with Crippen LogP contribution in [0.4, 0.5) is 4.79 Å². The Morgan fingerprint density at radius 2 is 1.12 bits per heavy atom. The molecule has 0 aliphatic rings. The minimum atomic E-state index is -0.903. The van der Waals surface area contributed by atoms with Gasteiger partial charge in [0.2, 0.25) is 0 Å². The second kappa shape index (κ2) is 23.2. The normalized spacial score (nSPS) is 11.5. The minimum absolute atomic E-state index is 0.139. The molecule has 0 aromatic heterocycles. The van der Waals surface area contributed by atoms with Crippen LogP contribution in [-0.2, 0) is 0 Å². The maximum Gasteiger partial charge on any atom is 0.404 e. The Labute approximate surface area is 155 Å². The van der Waals surface area contributed by atoms with Crippen molar-refractivity contribution in [3.05, 3.63) is 0 Å². The molecule has 25 heavy (non-hydrogen) atoms. The third-order valence-corrected chi connectivity index (χ3v) is 4.07. The van der Waals surface area contributed by atoms with Crippen molar-refractivity contribution in [2.75, 3.05) is 13.2 Å². The average Bonchev–Trinajstić information content (AvgIpc) is 2.58. The molecule has 0 spiro atoms. The molecule has 0 saturated heterocycles. The summed E-state index contributed by atoms with van der Waals surface area (Å²) in [5.41, 5.74) is 0. The van der Waals surface area contributed by atoms with E-state index in [-0.39, 0.29) is 6.61 Å². The van der Waals surface area contributed by atoms with Gasteiger partial charge in [0.1, 0.15) is 0 Å². The van der Waals surface area contributed by atoms with Crippen LogP contribution in [0, 0.1) is 0 Å². The number of carboxylic acid groups (broad SMARTS) is 1. The third kappa shape index (κ3) is 31.5. The molecule has 0 radical (unpaired) electrons. The van der Waals surface area contributed by atoms with Crippen LogP contribution in [0.1, 0.15) is 104 Å². The van der Waals surface area contributed by atoms with Gasteiger partial charge in [0.15, 0.2) is 0 Å². The minimum Gasteiger partial charge on any atom is -0.465 e. The van der Waals surface area contributed by atoms with E-state index in [1.807, 2.05) is 0 Å². The molecule has 0 aliphatic carbocycles. The predicted octanol–water partition coefficient (Wildman–Crippen LogP) is 5.09. The van der Waals surface area contributed by atoms with E-state index < -0.39 is 12.2 Å². The smallest absolute Gasteiger partial charge is 0.404 e. The summed E-state index contributed by atoms with van der Waals surface area (Å²) < 4.78 is 0. The molecule has 5 heteroatoms. The van der Waals surface area contributed by atoms with Crippen LogP contribution in [0.25, 0.3) is 0 Å². The van der Waals surface area contributed by atoms with Crippen LogP contribution in [0.3, 0.4) is 0 Å². The number of unbranched alkanes of at least 4 members (excludes halogenated alkanes) is 13. The van der Waals surface area contributed by atoms with Gasteiger partial charge >= 0.3 is 6.09 Å². The SMILES string of the molecule is CC(O)CO.CCCCCCCCCCCCCCCCNC(=O)O. The van der Waals surface area contributed by atoms with Crippen molar-refractivity contribution in [3.8, 4) is 0 Å². The van der Waals surface area contributed by atoms with Crippen LogP contribution >= 0.6 is 0 Å². The summed E-state index contributed by atoms with van der Waals surface area (Å²) in [5.74, 6) is 0. The van der Waals surface area contributed by atoms with Crippen molar-refractivity contribution in [2.24, 2.45) is 0 Å². The van der Waals surface area contributed by atoms with E-state index in [1.54, 1.807) is 0 Å². The van der Waals surface area contributed by atoms with Crippen LogP contribution < -0.4 is 5.32 Å². The van der Waals surface area contributed by atoms with Crippen molar-refractivity contribution in [1.29, 1.82) is 0 Å². The molecule has 0 saturated carbocycles. The first kappa shape index (κ1) is 26.4. The molecule has 0 aromatic rings. The van der Waals surface area contributed by atoms with Gasteiger partial charge in [-0.3, -0.25) is 0 Å². The molecule has 0 bridgehead atoms. The highest BCUT2D eigenvalue weighted by Gasteiger charge is 1.95. The number of rotatable bonds is 16. The lowest BCUT2D eigenvalue weighted by Crippen LogP contribution is -2.21. The summed E-state index contributed by atoms with van der Waals surface area (Å²) in [6, 6.07) is 0. The van der Waals surface area contributed by atoms with Crippen molar-refractivity contribution < 1.29 is 20.1 Å². The number of hydrogen-bond donors (Lipinski definition) is 4. The van der Waals surface area contributed by atoms with Crippen molar-refractivity contribution in [3.63, 3.8) is 0 Å². The van der Waals surface area contributed by atoms with Crippen molar-refractivity contribution in [2.45, 2.75) is 110 Å². The van der Waals surface area contributed by atoms with Gasteiger partial charge < -0.3 is 20.6 Å². The van der Waals surface area contributed by atoms with E-state index in [0.717, 1.165) is 12.8 Å². The highest BCUT2D eigenvalue weighted by Crippen LogP contribution is 2.12. The van der Waals surface area contributed by atoms with Gasteiger partial charge in [-0.15, -0.1) is 0 Å². The molecule has 5 nitrogen and oxygen atoms in total. The van der Waals surface area contributed by atoms with Gasteiger partial charge in [0.05, 0.1) is 12.7 Å². The Balaban J connectivity index is 0. The third-order valence-electron chi connectivity index (χ3n) is 4.07. The van der Waals surface area contributed by atoms with Crippen LogP contribution in [0.5, 0.6) is 0 Å². The average molecular weight is 362 g/mol. The largest absolute Gasteiger partial charge is 0.465 e. The molecule has 0 rings (SSSR count). The van der Waals surface area contributed by atoms with E-state index in [1.165, 1.54) is 84.0 Å². The Morgan fingerprint density at radius 1 is 0.800 bits per heavy atom. The van der Waals surface area contributed by atoms with Gasteiger partial charge in [-0.05, 0) is 13.3 Å². The molecule has 0 fully saturated rings. The fourth-order valence-electron chi connectivity index (χ4n) is 2.51. The number of aliphatic hydroxyl groups excluding tert-OH is 2. The number of nitrogens with one attached hydrogen (secondary N) is 1. The molecule has 1 unspecified atom stereocenters. The molecule has 4 N–H and O–H groups in total. The zero-order valence-electron chi connectivity index (χ0n) is 16.6. The van der Waals surface area contributed by atoms with Crippen LogP contribution in [0.15, 0.2) is 0 Å². The predicted molar refractivity (Wildman–Crippen MR) is 105 cm³/mol. The van der Waals surface area contributed by atoms with Crippen molar-refractivity contribution in [1.82, 2.24) is 5.32 Å². The van der Waals surface area contributed by atoms with E-state index >= 15 is 0 Å². The van der Waals surface area contributed by atoms with Gasteiger partial charge in [0, 0.05) is 6.54 Å². The van der Waals surface area contributed by atoms with Crippen LogP contribution in [0.2, 0.25) is 0 Å². The number of amides is 1. The topological polar surface area (TPSA) is 89.8 Å². The van der Waals surface area contributed by atoms with E-state index in [2.05, 4.69) is 12.2 Å². The molecule has 152 valence electrons.